The van der Waals surface area contributed by atoms with Gasteiger partial charge in [0.2, 0.25) is 0 Å². The molecule has 0 aliphatic rings. The van der Waals surface area contributed by atoms with E-state index < -0.39 is 12.1 Å². The SMILES string of the molecule is COC(=O)C(O)CN(Cc1ccccc1)Cc1ccccc1. The molecule has 0 fully saturated rings. The van der Waals surface area contributed by atoms with Gasteiger partial charge in [-0.15, -0.1) is 0 Å². The van der Waals surface area contributed by atoms with E-state index in [4.69, 9.17) is 0 Å². The number of aliphatic hydroxyl groups excluding tert-OH is 1. The van der Waals surface area contributed by atoms with Gasteiger partial charge < -0.3 is 9.84 Å². The van der Waals surface area contributed by atoms with Crippen molar-refractivity contribution < 1.29 is 14.6 Å². The highest BCUT2D eigenvalue weighted by Gasteiger charge is 2.19. The van der Waals surface area contributed by atoms with E-state index in [1.807, 2.05) is 65.6 Å². The third-order valence-electron chi connectivity index (χ3n) is 3.40. The van der Waals surface area contributed by atoms with E-state index >= 15 is 0 Å². The molecule has 0 aromatic heterocycles. The molecular weight excluding hydrogens is 278 g/mol. The lowest BCUT2D eigenvalue weighted by Gasteiger charge is -2.24. The molecule has 116 valence electrons. The number of esters is 1. The molecule has 1 atom stereocenters. The number of methoxy groups -OCH3 is 1. The first-order valence-electron chi connectivity index (χ1n) is 7.25. The summed E-state index contributed by atoms with van der Waals surface area (Å²) in [6, 6.07) is 20.0. The first-order valence-corrected chi connectivity index (χ1v) is 7.25. The monoisotopic (exact) mass is 299 g/mol. The van der Waals surface area contributed by atoms with Crippen LogP contribution in [0.5, 0.6) is 0 Å². The maximum atomic E-state index is 11.5. The van der Waals surface area contributed by atoms with Gasteiger partial charge in [-0.1, -0.05) is 60.7 Å². The van der Waals surface area contributed by atoms with Crippen molar-refractivity contribution in [1.29, 1.82) is 0 Å². The molecule has 0 bridgehead atoms. The standard InChI is InChI=1S/C18H21NO3/c1-22-18(21)17(20)14-19(12-15-8-4-2-5-9-15)13-16-10-6-3-7-11-16/h2-11,17,20H,12-14H2,1H3. The zero-order valence-electron chi connectivity index (χ0n) is 12.7. The molecule has 0 saturated heterocycles. The molecule has 0 aliphatic carbocycles. The van der Waals surface area contributed by atoms with E-state index in [2.05, 4.69) is 4.74 Å². The van der Waals surface area contributed by atoms with Crippen LogP contribution in [0.25, 0.3) is 0 Å². The van der Waals surface area contributed by atoms with Crippen molar-refractivity contribution in [2.75, 3.05) is 13.7 Å². The molecule has 0 amide bonds. The number of nitrogens with zero attached hydrogens (tertiary/aromatic N) is 1. The molecule has 2 aromatic rings. The van der Waals surface area contributed by atoms with Crippen molar-refractivity contribution in [2.24, 2.45) is 0 Å². The van der Waals surface area contributed by atoms with Crippen LogP contribution in [0.15, 0.2) is 60.7 Å². The van der Waals surface area contributed by atoms with Gasteiger partial charge in [0.1, 0.15) is 0 Å². The second kappa shape index (κ2) is 8.32. The van der Waals surface area contributed by atoms with Crippen LogP contribution in [0, 0.1) is 0 Å². The summed E-state index contributed by atoms with van der Waals surface area (Å²) in [5.74, 6) is -0.605. The fourth-order valence-electron chi connectivity index (χ4n) is 2.32. The molecule has 0 saturated carbocycles. The quantitative estimate of drug-likeness (QED) is 0.797. The lowest BCUT2D eigenvalue weighted by Crippen LogP contribution is -2.37. The zero-order chi connectivity index (χ0) is 15.8. The predicted octanol–water partition coefficient (Wildman–Crippen LogP) is 2.22. The Balaban J connectivity index is 2.07. The largest absolute Gasteiger partial charge is 0.467 e. The lowest BCUT2D eigenvalue weighted by molar-refractivity contribution is -0.151. The van der Waals surface area contributed by atoms with Crippen molar-refractivity contribution in [3.05, 3.63) is 71.8 Å². The van der Waals surface area contributed by atoms with Crippen LogP contribution in [0.1, 0.15) is 11.1 Å². The van der Waals surface area contributed by atoms with E-state index in [0.717, 1.165) is 11.1 Å². The molecule has 0 aliphatic heterocycles. The minimum atomic E-state index is -1.14. The van der Waals surface area contributed by atoms with Gasteiger partial charge in [-0.2, -0.15) is 0 Å². The molecule has 0 spiro atoms. The van der Waals surface area contributed by atoms with Crippen LogP contribution in [0.3, 0.4) is 0 Å². The number of ether oxygens (including phenoxy) is 1. The average molecular weight is 299 g/mol. The summed E-state index contributed by atoms with van der Waals surface area (Å²) in [5.41, 5.74) is 2.27. The van der Waals surface area contributed by atoms with E-state index in [1.54, 1.807) is 0 Å². The Labute approximate surface area is 131 Å². The number of aliphatic hydroxyl groups is 1. The summed E-state index contributed by atoms with van der Waals surface area (Å²) in [6.07, 6.45) is -1.14. The van der Waals surface area contributed by atoms with Crippen molar-refractivity contribution in [3.8, 4) is 0 Å². The number of hydrogen-bond donors (Lipinski definition) is 1. The van der Waals surface area contributed by atoms with E-state index in [-0.39, 0.29) is 6.54 Å². The number of carbonyl (C=O) groups excluding carboxylic acids is 1. The lowest BCUT2D eigenvalue weighted by atomic mass is 10.1. The molecule has 0 heterocycles. The fraction of sp³-hybridized carbons (Fsp3) is 0.278. The summed E-state index contributed by atoms with van der Waals surface area (Å²) < 4.78 is 4.60. The average Bonchev–Trinajstić information content (AvgIpc) is 2.55. The number of carbonyl (C=O) groups is 1. The maximum absolute atomic E-state index is 11.5. The second-order valence-electron chi connectivity index (χ2n) is 5.18. The predicted molar refractivity (Wildman–Crippen MR) is 85.0 cm³/mol. The Morgan fingerprint density at radius 3 is 1.86 bits per heavy atom. The number of benzene rings is 2. The Bertz CT molecular complexity index is 530. The Kier molecular flexibility index (Phi) is 6.13. The molecule has 4 nitrogen and oxygen atoms in total. The van der Waals surface area contributed by atoms with Crippen molar-refractivity contribution >= 4 is 5.97 Å². The van der Waals surface area contributed by atoms with Gasteiger partial charge in [-0.3, -0.25) is 4.90 Å². The third-order valence-corrected chi connectivity index (χ3v) is 3.40. The summed E-state index contributed by atoms with van der Waals surface area (Å²) >= 11 is 0. The van der Waals surface area contributed by atoms with Crippen LogP contribution in [0.2, 0.25) is 0 Å². The minimum Gasteiger partial charge on any atom is -0.467 e. The first-order chi connectivity index (χ1) is 10.7. The highest BCUT2D eigenvalue weighted by molar-refractivity contribution is 5.74. The van der Waals surface area contributed by atoms with E-state index in [9.17, 15) is 9.90 Å². The second-order valence-corrected chi connectivity index (χ2v) is 5.18. The number of rotatable bonds is 7. The van der Waals surface area contributed by atoms with Crippen LogP contribution in [0.4, 0.5) is 0 Å². The summed E-state index contributed by atoms with van der Waals surface area (Å²) in [7, 11) is 1.28. The normalized spacial score (nSPS) is 12.1. The van der Waals surface area contributed by atoms with Crippen molar-refractivity contribution in [2.45, 2.75) is 19.2 Å². The zero-order valence-corrected chi connectivity index (χ0v) is 12.7. The van der Waals surface area contributed by atoms with E-state index in [1.165, 1.54) is 7.11 Å². The smallest absolute Gasteiger partial charge is 0.336 e. The highest BCUT2D eigenvalue weighted by Crippen LogP contribution is 2.11. The molecule has 2 aromatic carbocycles. The Hall–Kier alpha value is -2.17. The molecule has 0 radical (unpaired) electrons. The van der Waals surface area contributed by atoms with Gasteiger partial charge in [0, 0.05) is 19.6 Å². The molecule has 1 N–H and O–H groups in total. The van der Waals surface area contributed by atoms with Gasteiger partial charge in [0.15, 0.2) is 6.10 Å². The minimum absolute atomic E-state index is 0.233. The fourth-order valence-corrected chi connectivity index (χ4v) is 2.32. The van der Waals surface area contributed by atoms with Gasteiger partial charge >= 0.3 is 5.97 Å². The van der Waals surface area contributed by atoms with Crippen LogP contribution < -0.4 is 0 Å². The maximum Gasteiger partial charge on any atom is 0.336 e. The molecule has 2 rings (SSSR count). The Morgan fingerprint density at radius 2 is 1.45 bits per heavy atom. The van der Waals surface area contributed by atoms with E-state index in [0.29, 0.717) is 13.1 Å². The molecular formula is C18H21NO3. The topological polar surface area (TPSA) is 49.8 Å². The number of hydrogen-bond acceptors (Lipinski definition) is 4. The first kappa shape index (κ1) is 16.2. The summed E-state index contributed by atoms with van der Waals surface area (Å²) in [5, 5.41) is 9.93. The van der Waals surface area contributed by atoms with Gasteiger partial charge in [0.05, 0.1) is 7.11 Å². The van der Waals surface area contributed by atoms with Crippen molar-refractivity contribution in [3.63, 3.8) is 0 Å². The summed E-state index contributed by atoms with van der Waals surface area (Å²) in [4.78, 5) is 13.5. The van der Waals surface area contributed by atoms with Crippen LogP contribution >= 0.6 is 0 Å². The van der Waals surface area contributed by atoms with Gasteiger partial charge in [0.25, 0.3) is 0 Å². The van der Waals surface area contributed by atoms with Gasteiger partial charge in [-0.05, 0) is 11.1 Å². The Morgan fingerprint density at radius 1 is 1.00 bits per heavy atom. The molecule has 22 heavy (non-hydrogen) atoms. The molecule has 1 unspecified atom stereocenters. The summed E-state index contributed by atoms with van der Waals surface area (Å²) in [6.45, 7) is 1.55. The van der Waals surface area contributed by atoms with Crippen LogP contribution in [-0.4, -0.2) is 35.7 Å². The third kappa shape index (κ3) is 4.98. The van der Waals surface area contributed by atoms with Gasteiger partial charge in [-0.25, -0.2) is 4.79 Å². The van der Waals surface area contributed by atoms with Crippen LogP contribution in [-0.2, 0) is 22.6 Å². The molecule has 4 heteroatoms. The highest BCUT2D eigenvalue weighted by atomic mass is 16.5. The van der Waals surface area contributed by atoms with Crippen molar-refractivity contribution in [1.82, 2.24) is 4.90 Å².